The van der Waals surface area contributed by atoms with Crippen LogP contribution in [0.1, 0.15) is 37.2 Å². The van der Waals surface area contributed by atoms with Crippen LogP contribution in [0, 0.1) is 0 Å². The Balaban J connectivity index is 1.35. The minimum atomic E-state index is 0.356. The molecule has 2 aromatic rings. The summed E-state index contributed by atoms with van der Waals surface area (Å²) >= 11 is 0. The van der Waals surface area contributed by atoms with Crippen LogP contribution in [0.25, 0.3) is 0 Å². The van der Waals surface area contributed by atoms with E-state index in [4.69, 9.17) is 0 Å². The summed E-state index contributed by atoms with van der Waals surface area (Å²) in [6, 6.07) is 18.7. The van der Waals surface area contributed by atoms with E-state index < -0.39 is 0 Å². The minimum Gasteiger partial charge on any atom is -0.508 e. The molecule has 3 N–H and O–H groups in total. The molecule has 3 rings (SSSR count). The standard InChI is InChI=1S/C20H26N2O/c23-20-12-8-17(9-13-20)16-6-10-19(11-7-16)22-15-14-21-18-4-2-1-3-5-18/h1-5,8-9,12-13,16,19,21-23H,6-7,10-11,14-15H2/t16-,19-. The van der Waals surface area contributed by atoms with Gasteiger partial charge in [0.2, 0.25) is 0 Å². The summed E-state index contributed by atoms with van der Waals surface area (Å²) < 4.78 is 0. The molecule has 0 atom stereocenters. The average Bonchev–Trinajstić information content (AvgIpc) is 2.61. The van der Waals surface area contributed by atoms with Crippen molar-refractivity contribution in [3.05, 3.63) is 60.2 Å². The van der Waals surface area contributed by atoms with E-state index in [1.807, 2.05) is 6.07 Å². The van der Waals surface area contributed by atoms with Crippen molar-refractivity contribution in [1.29, 1.82) is 0 Å². The second kappa shape index (κ2) is 8.02. The third kappa shape index (κ3) is 4.73. The molecule has 1 aliphatic rings. The van der Waals surface area contributed by atoms with Crippen molar-refractivity contribution in [3.63, 3.8) is 0 Å². The highest BCUT2D eigenvalue weighted by molar-refractivity contribution is 5.42. The lowest BCUT2D eigenvalue weighted by molar-refractivity contribution is 0.346. The van der Waals surface area contributed by atoms with Crippen molar-refractivity contribution in [1.82, 2.24) is 5.32 Å². The zero-order valence-corrected chi connectivity index (χ0v) is 13.5. The van der Waals surface area contributed by atoms with E-state index in [9.17, 15) is 5.11 Å². The van der Waals surface area contributed by atoms with Gasteiger partial charge < -0.3 is 15.7 Å². The highest BCUT2D eigenvalue weighted by Crippen LogP contribution is 2.33. The van der Waals surface area contributed by atoms with Gasteiger partial charge in [0.15, 0.2) is 0 Å². The number of phenols is 1. The van der Waals surface area contributed by atoms with E-state index in [-0.39, 0.29) is 0 Å². The van der Waals surface area contributed by atoms with Gasteiger partial charge in [0, 0.05) is 24.8 Å². The van der Waals surface area contributed by atoms with Gasteiger partial charge in [-0.3, -0.25) is 0 Å². The van der Waals surface area contributed by atoms with Gasteiger partial charge in [0.05, 0.1) is 0 Å². The third-order valence-electron chi connectivity index (χ3n) is 4.75. The number of para-hydroxylation sites is 1. The van der Waals surface area contributed by atoms with Crippen molar-refractivity contribution in [2.75, 3.05) is 18.4 Å². The Hall–Kier alpha value is -2.00. The summed E-state index contributed by atoms with van der Waals surface area (Å²) in [4.78, 5) is 0. The first kappa shape index (κ1) is 15.9. The van der Waals surface area contributed by atoms with E-state index in [1.165, 1.54) is 36.9 Å². The predicted octanol–water partition coefficient (Wildman–Crippen LogP) is 4.12. The summed E-state index contributed by atoms with van der Waals surface area (Å²) in [6.07, 6.45) is 4.93. The fourth-order valence-electron chi connectivity index (χ4n) is 3.42. The molecule has 1 fully saturated rings. The topological polar surface area (TPSA) is 44.3 Å². The van der Waals surface area contributed by atoms with Gasteiger partial charge in [0.25, 0.3) is 0 Å². The Morgan fingerprint density at radius 2 is 1.52 bits per heavy atom. The number of rotatable bonds is 6. The highest BCUT2D eigenvalue weighted by atomic mass is 16.3. The van der Waals surface area contributed by atoms with Crippen LogP contribution < -0.4 is 10.6 Å². The molecule has 3 nitrogen and oxygen atoms in total. The van der Waals surface area contributed by atoms with Crippen molar-refractivity contribution in [2.24, 2.45) is 0 Å². The number of hydrogen-bond acceptors (Lipinski definition) is 3. The van der Waals surface area contributed by atoms with Crippen molar-refractivity contribution < 1.29 is 5.11 Å². The van der Waals surface area contributed by atoms with Crippen molar-refractivity contribution in [3.8, 4) is 5.75 Å². The molecule has 0 bridgehead atoms. The van der Waals surface area contributed by atoms with Gasteiger partial charge in [-0.05, 0) is 61.4 Å². The molecule has 0 aliphatic heterocycles. The largest absolute Gasteiger partial charge is 0.508 e. The zero-order valence-electron chi connectivity index (χ0n) is 13.5. The number of phenolic OH excluding ortho intramolecular Hbond substituents is 1. The maximum atomic E-state index is 9.38. The van der Waals surface area contributed by atoms with Gasteiger partial charge in [-0.15, -0.1) is 0 Å². The lowest BCUT2D eigenvalue weighted by Crippen LogP contribution is -2.35. The molecule has 1 saturated carbocycles. The van der Waals surface area contributed by atoms with Crippen LogP contribution in [0.4, 0.5) is 5.69 Å². The smallest absolute Gasteiger partial charge is 0.115 e. The van der Waals surface area contributed by atoms with Gasteiger partial charge >= 0.3 is 0 Å². The Morgan fingerprint density at radius 3 is 2.22 bits per heavy atom. The van der Waals surface area contributed by atoms with Crippen LogP contribution in [0.2, 0.25) is 0 Å². The molecule has 0 aromatic heterocycles. The van der Waals surface area contributed by atoms with Crippen molar-refractivity contribution in [2.45, 2.75) is 37.6 Å². The third-order valence-corrected chi connectivity index (χ3v) is 4.75. The maximum Gasteiger partial charge on any atom is 0.115 e. The summed E-state index contributed by atoms with van der Waals surface area (Å²) in [7, 11) is 0. The van der Waals surface area contributed by atoms with Gasteiger partial charge in [-0.25, -0.2) is 0 Å². The molecule has 0 radical (unpaired) electrons. The molecular formula is C20H26N2O. The first-order chi connectivity index (χ1) is 11.3. The molecule has 1 aliphatic carbocycles. The predicted molar refractivity (Wildman–Crippen MR) is 96.0 cm³/mol. The number of anilines is 1. The molecule has 0 heterocycles. The Kier molecular flexibility index (Phi) is 5.54. The Labute approximate surface area is 138 Å². The molecule has 122 valence electrons. The van der Waals surface area contributed by atoms with Gasteiger partial charge in [-0.2, -0.15) is 0 Å². The summed E-state index contributed by atoms with van der Waals surface area (Å²) in [5, 5.41) is 16.5. The van der Waals surface area contributed by atoms with E-state index in [2.05, 4.69) is 47.0 Å². The Morgan fingerprint density at radius 1 is 0.826 bits per heavy atom. The summed E-state index contributed by atoms with van der Waals surface area (Å²) in [6.45, 7) is 1.96. The highest BCUT2D eigenvalue weighted by Gasteiger charge is 2.21. The van der Waals surface area contributed by atoms with Crippen LogP contribution in [0.5, 0.6) is 5.75 Å². The van der Waals surface area contributed by atoms with E-state index in [0.717, 1.165) is 13.1 Å². The monoisotopic (exact) mass is 310 g/mol. The molecular weight excluding hydrogens is 284 g/mol. The summed E-state index contributed by atoms with van der Waals surface area (Å²) in [5.41, 5.74) is 2.55. The maximum absolute atomic E-state index is 9.38. The first-order valence-electron chi connectivity index (χ1n) is 8.62. The fourth-order valence-corrected chi connectivity index (χ4v) is 3.42. The molecule has 0 unspecified atom stereocenters. The van der Waals surface area contributed by atoms with Crippen LogP contribution in [0.3, 0.4) is 0 Å². The number of aromatic hydroxyl groups is 1. The lowest BCUT2D eigenvalue weighted by atomic mass is 9.82. The fraction of sp³-hybridized carbons (Fsp3) is 0.400. The molecule has 0 amide bonds. The van der Waals surface area contributed by atoms with Crippen LogP contribution >= 0.6 is 0 Å². The van der Waals surface area contributed by atoms with Crippen LogP contribution in [0.15, 0.2) is 54.6 Å². The second-order valence-electron chi connectivity index (χ2n) is 6.39. The number of benzene rings is 2. The summed E-state index contributed by atoms with van der Waals surface area (Å²) in [5.74, 6) is 1.01. The normalized spacial score (nSPS) is 21.0. The molecule has 3 heteroatoms. The van der Waals surface area contributed by atoms with Crippen molar-refractivity contribution >= 4 is 5.69 Å². The Bertz CT molecular complexity index is 574. The first-order valence-corrected chi connectivity index (χ1v) is 8.62. The van der Waals surface area contributed by atoms with E-state index in [0.29, 0.717) is 17.7 Å². The van der Waals surface area contributed by atoms with Gasteiger partial charge in [0.1, 0.15) is 5.75 Å². The number of hydrogen-bond donors (Lipinski definition) is 3. The van der Waals surface area contributed by atoms with Gasteiger partial charge in [-0.1, -0.05) is 30.3 Å². The van der Waals surface area contributed by atoms with Crippen LogP contribution in [-0.4, -0.2) is 24.2 Å². The molecule has 2 aromatic carbocycles. The zero-order chi connectivity index (χ0) is 15.9. The minimum absolute atomic E-state index is 0.356. The number of nitrogens with one attached hydrogen (secondary N) is 2. The van der Waals surface area contributed by atoms with E-state index in [1.54, 1.807) is 12.1 Å². The van der Waals surface area contributed by atoms with Crippen LogP contribution in [-0.2, 0) is 0 Å². The van der Waals surface area contributed by atoms with E-state index >= 15 is 0 Å². The molecule has 0 spiro atoms. The second-order valence-corrected chi connectivity index (χ2v) is 6.39. The molecule has 23 heavy (non-hydrogen) atoms. The SMILES string of the molecule is Oc1ccc([C@H]2CC[C@H](NCCNc3ccccc3)CC2)cc1. The quantitative estimate of drug-likeness (QED) is 0.703. The molecule has 0 saturated heterocycles. The average molecular weight is 310 g/mol. The lowest BCUT2D eigenvalue weighted by Gasteiger charge is -2.29.